The number of nitrogens with two attached hydrogens (primary N) is 1. The minimum Gasteiger partial charge on any atom is -0.369 e. The van der Waals surface area contributed by atoms with Gasteiger partial charge in [-0.2, -0.15) is 0 Å². The molecule has 30 heavy (non-hydrogen) atoms. The zero-order chi connectivity index (χ0) is 21.1. The van der Waals surface area contributed by atoms with Crippen molar-refractivity contribution in [3.05, 3.63) is 107 Å². The smallest absolute Gasteiger partial charge is 0.266 e. The van der Waals surface area contributed by atoms with E-state index in [4.69, 9.17) is 5.73 Å². The van der Waals surface area contributed by atoms with Gasteiger partial charge in [-0.15, -0.1) is 0 Å². The summed E-state index contributed by atoms with van der Waals surface area (Å²) in [5.74, 6) is 0.0818. The highest BCUT2D eigenvalue weighted by Gasteiger charge is 2.49. The van der Waals surface area contributed by atoms with Crippen LogP contribution in [0.5, 0.6) is 0 Å². The number of benzene rings is 3. The van der Waals surface area contributed by atoms with Crippen LogP contribution in [0.15, 0.2) is 89.9 Å². The fourth-order valence-electron chi connectivity index (χ4n) is 3.88. The van der Waals surface area contributed by atoms with Gasteiger partial charge in [-0.25, -0.2) is 4.99 Å². The van der Waals surface area contributed by atoms with Gasteiger partial charge >= 0.3 is 0 Å². The van der Waals surface area contributed by atoms with E-state index in [1.165, 1.54) is 4.90 Å². The molecule has 1 aliphatic rings. The van der Waals surface area contributed by atoms with Crippen molar-refractivity contribution in [1.82, 2.24) is 4.90 Å². The molecule has 4 rings (SSSR count). The quantitative estimate of drug-likeness (QED) is 0.695. The van der Waals surface area contributed by atoms with Crippen LogP contribution in [0.3, 0.4) is 0 Å². The Morgan fingerprint density at radius 2 is 1.43 bits per heavy atom. The predicted octanol–water partition coefficient (Wildman–Crippen LogP) is 3.07. The van der Waals surface area contributed by atoms with Crippen molar-refractivity contribution in [3.8, 4) is 0 Å². The molecule has 150 valence electrons. The minimum atomic E-state index is -1.24. The number of aliphatic imine (C=N–C) groups is 1. The molecule has 5 heteroatoms. The van der Waals surface area contributed by atoms with E-state index in [-0.39, 0.29) is 24.1 Å². The minimum absolute atomic E-state index is 0.116. The number of rotatable bonds is 6. The highest BCUT2D eigenvalue weighted by Crippen LogP contribution is 2.39. The van der Waals surface area contributed by atoms with Crippen molar-refractivity contribution in [2.75, 3.05) is 7.05 Å². The van der Waals surface area contributed by atoms with Gasteiger partial charge in [-0.05, 0) is 22.3 Å². The molecule has 0 fully saturated rings. The molecule has 1 unspecified atom stereocenters. The monoisotopic (exact) mass is 397 g/mol. The first-order valence-corrected chi connectivity index (χ1v) is 9.85. The third-order valence-electron chi connectivity index (χ3n) is 5.42. The molecule has 1 heterocycles. The Morgan fingerprint density at radius 3 is 2.07 bits per heavy atom. The molecule has 0 radical (unpaired) electrons. The van der Waals surface area contributed by atoms with Gasteiger partial charge < -0.3 is 5.73 Å². The Balaban J connectivity index is 1.69. The number of amides is 1. The maximum absolute atomic E-state index is 13.3. The van der Waals surface area contributed by atoms with Crippen LogP contribution in [0.2, 0.25) is 0 Å². The van der Waals surface area contributed by atoms with E-state index in [2.05, 4.69) is 4.99 Å². The maximum atomic E-state index is 13.3. The molecule has 1 atom stereocenters. The summed E-state index contributed by atoms with van der Waals surface area (Å²) in [7, 11) is 1.62. The molecule has 1 amide bonds. The van der Waals surface area contributed by atoms with Gasteiger partial charge in [0.2, 0.25) is 0 Å². The van der Waals surface area contributed by atoms with Crippen molar-refractivity contribution < 1.29 is 9.59 Å². The summed E-state index contributed by atoms with van der Waals surface area (Å²) in [5.41, 5.74) is 8.07. The van der Waals surface area contributed by atoms with Gasteiger partial charge in [-0.1, -0.05) is 84.9 Å². The van der Waals surface area contributed by atoms with Crippen LogP contribution in [0.4, 0.5) is 0 Å². The summed E-state index contributed by atoms with van der Waals surface area (Å²) in [4.78, 5) is 31.9. The molecule has 2 N–H and O–H groups in total. The lowest BCUT2D eigenvalue weighted by molar-refractivity contribution is -0.129. The van der Waals surface area contributed by atoms with E-state index in [9.17, 15) is 9.59 Å². The number of nitrogens with zero attached hydrogens (tertiary/aromatic N) is 2. The van der Waals surface area contributed by atoms with E-state index in [0.717, 1.165) is 16.7 Å². The summed E-state index contributed by atoms with van der Waals surface area (Å²) in [6, 6.07) is 26.6. The highest BCUT2D eigenvalue weighted by atomic mass is 16.2. The zero-order valence-electron chi connectivity index (χ0n) is 16.8. The molecule has 5 nitrogen and oxygen atoms in total. The number of Topliss-reactive ketones (excluding diaryl/α,β-unsaturated/α-hetero) is 1. The number of guanidine groups is 1. The molecular formula is C25H23N3O2. The van der Waals surface area contributed by atoms with Crippen molar-refractivity contribution in [2.24, 2.45) is 10.7 Å². The summed E-state index contributed by atoms with van der Waals surface area (Å²) < 4.78 is 0. The van der Waals surface area contributed by atoms with Gasteiger partial charge in [0, 0.05) is 19.9 Å². The Bertz CT molecular complexity index is 1110. The van der Waals surface area contributed by atoms with Crippen LogP contribution in [0, 0.1) is 0 Å². The van der Waals surface area contributed by atoms with Gasteiger partial charge in [0.25, 0.3) is 5.91 Å². The maximum Gasteiger partial charge on any atom is 0.266 e. The Labute approximate surface area is 175 Å². The van der Waals surface area contributed by atoms with E-state index < -0.39 is 5.54 Å². The molecule has 3 aromatic carbocycles. The van der Waals surface area contributed by atoms with E-state index in [1.54, 1.807) is 7.05 Å². The predicted molar refractivity (Wildman–Crippen MR) is 117 cm³/mol. The summed E-state index contributed by atoms with van der Waals surface area (Å²) in [6.45, 7) is 0. The second-order valence-electron chi connectivity index (χ2n) is 7.49. The first-order chi connectivity index (χ1) is 14.5. The number of hydrogen-bond acceptors (Lipinski definition) is 4. The normalized spacial score (nSPS) is 18.4. The van der Waals surface area contributed by atoms with E-state index in [1.807, 2.05) is 84.9 Å². The van der Waals surface area contributed by atoms with E-state index in [0.29, 0.717) is 12.0 Å². The molecule has 0 aliphatic carbocycles. The Kier molecular flexibility index (Phi) is 5.19. The number of carbonyl (C=O) groups is 2. The third kappa shape index (κ3) is 3.50. The second kappa shape index (κ2) is 7.95. The summed E-state index contributed by atoms with van der Waals surface area (Å²) >= 11 is 0. The zero-order valence-corrected chi connectivity index (χ0v) is 16.8. The Hall–Kier alpha value is -3.73. The second-order valence-corrected chi connectivity index (χ2v) is 7.49. The molecule has 0 spiro atoms. The molecule has 0 bridgehead atoms. The van der Waals surface area contributed by atoms with Gasteiger partial charge in [0.15, 0.2) is 11.5 Å². The first kappa shape index (κ1) is 19.6. The van der Waals surface area contributed by atoms with E-state index >= 15 is 0 Å². The number of likely N-dealkylation sites (N-methyl/N-ethyl adjacent to an activating group) is 1. The highest BCUT2D eigenvalue weighted by molar-refractivity contribution is 6.08. The van der Waals surface area contributed by atoms with Crippen LogP contribution < -0.4 is 5.73 Å². The molecule has 1 aliphatic heterocycles. The largest absolute Gasteiger partial charge is 0.369 e. The average molecular weight is 397 g/mol. The molecule has 0 aromatic heterocycles. The molecular weight excluding hydrogens is 374 g/mol. The summed E-state index contributed by atoms with van der Waals surface area (Å²) in [6.07, 6.45) is 0.665. The lowest BCUT2D eigenvalue weighted by Gasteiger charge is -2.26. The van der Waals surface area contributed by atoms with Crippen molar-refractivity contribution in [1.29, 1.82) is 0 Å². The van der Waals surface area contributed by atoms with Crippen LogP contribution in [-0.2, 0) is 28.0 Å². The number of carbonyl (C=O) groups excluding carboxylic acids is 2. The van der Waals surface area contributed by atoms with Crippen LogP contribution in [0.25, 0.3) is 0 Å². The molecule has 0 saturated carbocycles. The standard InChI is InChI=1S/C25H23N3O2/c1-28-23(30)25(27-24(28)26,20-12-6-3-7-13-20)21-14-8-11-19(15-21)17-22(29)16-18-9-4-2-5-10-18/h2-15H,16-17H2,1H3,(H2,26,27). The van der Waals surface area contributed by atoms with Gasteiger partial charge in [-0.3, -0.25) is 14.5 Å². The van der Waals surface area contributed by atoms with Crippen LogP contribution in [0.1, 0.15) is 22.3 Å². The fourth-order valence-corrected chi connectivity index (χ4v) is 3.88. The van der Waals surface area contributed by atoms with Gasteiger partial charge in [0.1, 0.15) is 5.78 Å². The lowest BCUT2D eigenvalue weighted by atomic mass is 9.82. The first-order valence-electron chi connectivity index (χ1n) is 9.85. The van der Waals surface area contributed by atoms with Crippen LogP contribution >= 0.6 is 0 Å². The van der Waals surface area contributed by atoms with Crippen molar-refractivity contribution in [2.45, 2.75) is 18.4 Å². The van der Waals surface area contributed by atoms with Crippen molar-refractivity contribution in [3.63, 3.8) is 0 Å². The number of hydrogen-bond donors (Lipinski definition) is 1. The van der Waals surface area contributed by atoms with Crippen LogP contribution in [-0.4, -0.2) is 29.6 Å². The summed E-state index contributed by atoms with van der Waals surface area (Å²) in [5, 5.41) is 0. The Morgan fingerprint density at radius 1 is 0.867 bits per heavy atom. The average Bonchev–Trinajstić information content (AvgIpc) is 3.00. The topological polar surface area (TPSA) is 75.8 Å². The SMILES string of the molecule is CN1C(=O)C(c2ccccc2)(c2cccc(CC(=O)Cc3ccccc3)c2)N=C1N. The molecule has 3 aromatic rings. The molecule has 0 saturated heterocycles. The third-order valence-corrected chi connectivity index (χ3v) is 5.42. The number of ketones is 1. The lowest BCUT2D eigenvalue weighted by Crippen LogP contribution is -2.41. The van der Waals surface area contributed by atoms with Gasteiger partial charge in [0.05, 0.1) is 0 Å². The fraction of sp³-hybridized carbons (Fsp3) is 0.160. The van der Waals surface area contributed by atoms with Crippen molar-refractivity contribution >= 4 is 17.6 Å².